The molecule has 1 fully saturated rings. The van der Waals surface area contributed by atoms with E-state index in [4.69, 9.17) is 5.84 Å². The van der Waals surface area contributed by atoms with E-state index in [0.717, 1.165) is 5.92 Å². The van der Waals surface area contributed by atoms with Gasteiger partial charge < -0.3 is 0 Å². The summed E-state index contributed by atoms with van der Waals surface area (Å²) in [5.74, 6) is 7.44. The molecule has 1 atom stereocenters. The first-order valence-electron chi connectivity index (χ1n) is 6.87. The zero-order valence-corrected chi connectivity index (χ0v) is 13.6. The summed E-state index contributed by atoms with van der Waals surface area (Å²) in [4.78, 5) is 1.38. The van der Waals surface area contributed by atoms with Gasteiger partial charge in [0.2, 0.25) is 0 Å². The Morgan fingerprint density at radius 3 is 2.56 bits per heavy atom. The fourth-order valence-electron chi connectivity index (χ4n) is 3.02. The fourth-order valence-corrected chi connectivity index (χ4v) is 4.74. The average molecular weight is 331 g/mol. The molecule has 2 rings (SSSR count). The largest absolute Gasteiger partial charge is 0.271 e. The number of rotatable bonds is 4. The van der Waals surface area contributed by atoms with Crippen molar-refractivity contribution in [2.75, 3.05) is 0 Å². The fraction of sp³-hybridized carbons (Fsp3) is 0.714. The quantitative estimate of drug-likeness (QED) is 0.628. The lowest BCUT2D eigenvalue weighted by Crippen LogP contribution is -2.34. The maximum atomic E-state index is 5.80. The molecular formula is C14H23BrN2S. The van der Waals surface area contributed by atoms with Crippen LogP contribution < -0.4 is 11.3 Å². The second-order valence-corrected chi connectivity index (χ2v) is 7.84. The molecule has 1 aliphatic rings. The molecule has 1 aromatic heterocycles. The van der Waals surface area contributed by atoms with E-state index in [1.165, 1.54) is 46.3 Å². The Bertz CT molecular complexity index is 364. The molecule has 1 saturated carbocycles. The lowest BCUT2D eigenvalue weighted by Gasteiger charge is -2.32. The van der Waals surface area contributed by atoms with Gasteiger partial charge in [-0.1, -0.05) is 26.2 Å². The van der Waals surface area contributed by atoms with Crippen molar-refractivity contribution >= 4 is 27.3 Å². The highest BCUT2D eigenvalue weighted by Crippen LogP contribution is 2.41. The first-order chi connectivity index (χ1) is 8.65. The highest BCUT2D eigenvalue weighted by Gasteiger charge is 2.28. The van der Waals surface area contributed by atoms with Crippen LogP contribution in [-0.4, -0.2) is 0 Å². The molecule has 0 aliphatic heterocycles. The van der Waals surface area contributed by atoms with Crippen LogP contribution >= 0.6 is 27.3 Å². The molecular weight excluding hydrogens is 308 g/mol. The van der Waals surface area contributed by atoms with Gasteiger partial charge in [-0.2, -0.15) is 0 Å². The van der Waals surface area contributed by atoms with Crippen molar-refractivity contribution in [3.63, 3.8) is 0 Å². The number of nitrogens with one attached hydrogen (secondary N) is 1. The number of thiophene rings is 1. The van der Waals surface area contributed by atoms with Gasteiger partial charge in [-0.15, -0.1) is 11.3 Å². The van der Waals surface area contributed by atoms with E-state index < -0.39 is 0 Å². The Hall–Kier alpha value is 0.1000. The maximum Gasteiger partial charge on any atom is 0.0731 e. The molecule has 18 heavy (non-hydrogen) atoms. The van der Waals surface area contributed by atoms with E-state index in [1.807, 2.05) is 11.3 Å². The van der Waals surface area contributed by atoms with E-state index in [9.17, 15) is 0 Å². The first-order valence-corrected chi connectivity index (χ1v) is 8.48. The molecule has 4 heteroatoms. The van der Waals surface area contributed by atoms with Crippen molar-refractivity contribution < 1.29 is 0 Å². The van der Waals surface area contributed by atoms with E-state index >= 15 is 0 Å². The number of nitrogens with two attached hydrogens (primary N) is 1. The molecule has 1 aliphatic carbocycles. The molecule has 0 amide bonds. The predicted octanol–water partition coefficient (Wildman–Crippen LogP) is 4.54. The van der Waals surface area contributed by atoms with Gasteiger partial charge in [0.15, 0.2) is 0 Å². The van der Waals surface area contributed by atoms with Crippen LogP contribution in [0.3, 0.4) is 0 Å². The SMILES string of the molecule is CCC1CCC(C(NN)c2cc(C)c(Br)s2)CC1. The van der Waals surface area contributed by atoms with Crippen LogP contribution in [0.2, 0.25) is 0 Å². The van der Waals surface area contributed by atoms with Crippen LogP contribution in [0.5, 0.6) is 0 Å². The summed E-state index contributed by atoms with van der Waals surface area (Å²) in [6.07, 6.45) is 6.68. The Balaban J connectivity index is 2.05. The van der Waals surface area contributed by atoms with Gasteiger partial charge in [-0.25, -0.2) is 0 Å². The minimum Gasteiger partial charge on any atom is -0.271 e. The number of hydrazine groups is 1. The molecule has 0 radical (unpaired) electrons. The molecule has 0 spiro atoms. The monoisotopic (exact) mass is 330 g/mol. The number of hydrogen-bond acceptors (Lipinski definition) is 3. The van der Waals surface area contributed by atoms with Gasteiger partial charge in [0, 0.05) is 4.88 Å². The van der Waals surface area contributed by atoms with Crippen LogP contribution in [-0.2, 0) is 0 Å². The minimum absolute atomic E-state index is 0.331. The number of aryl methyl sites for hydroxylation is 1. The summed E-state index contributed by atoms with van der Waals surface area (Å²) in [6.45, 7) is 4.45. The Labute approximate surface area is 122 Å². The van der Waals surface area contributed by atoms with Crippen molar-refractivity contribution in [3.8, 4) is 0 Å². The molecule has 1 heterocycles. The third kappa shape index (κ3) is 3.16. The zero-order chi connectivity index (χ0) is 13.1. The Kier molecular flexibility index (Phi) is 5.24. The molecule has 102 valence electrons. The maximum absolute atomic E-state index is 5.80. The van der Waals surface area contributed by atoms with Crippen molar-refractivity contribution in [2.24, 2.45) is 17.7 Å². The van der Waals surface area contributed by atoms with E-state index in [1.54, 1.807) is 0 Å². The summed E-state index contributed by atoms with van der Waals surface area (Å²) < 4.78 is 1.24. The second-order valence-electron chi connectivity index (χ2n) is 5.44. The van der Waals surface area contributed by atoms with Crippen LogP contribution in [0.15, 0.2) is 9.85 Å². The summed E-state index contributed by atoms with van der Waals surface area (Å²) in [5.41, 5.74) is 4.37. The van der Waals surface area contributed by atoms with Gasteiger partial charge >= 0.3 is 0 Å². The first kappa shape index (κ1) is 14.5. The smallest absolute Gasteiger partial charge is 0.0731 e. The van der Waals surface area contributed by atoms with E-state index in [0.29, 0.717) is 12.0 Å². The minimum atomic E-state index is 0.331. The van der Waals surface area contributed by atoms with Crippen LogP contribution in [0.1, 0.15) is 55.5 Å². The van der Waals surface area contributed by atoms with Crippen molar-refractivity contribution in [1.82, 2.24) is 5.43 Å². The van der Waals surface area contributed by atoms with Gasteiger partial charge in [0.1, 0.15) is 0 Å². The van der Waals surface area contributed by atoms with Gasteiger partial charge in [-0.05, 0) is 59.2 Å². The lowest BCUT2D eigenvalue weighted by molar-refractivity contribution is 0.221. The highest BCUT2D eigenvalue weighted by molar-refractivity contribution is 9.11. The lowest BCUT2D eigenvalue weighted by atomic mass is 9.77. The highest BCUT2D eigenvalue weighted by atomic mass is 79.9. The molecule has 1 unspecified atom stereocenters. The predicted molar refractivity (Wildman–Crippen MR) is 82.6 cm³/mol. The van der Waals surface area contributed by atoms with Gasteiger partial charge in [0.25, 0.3) is 0 Å². The van der Waals surface area contributed by atoms with Gasteiger partial charge in [-0.3, -0.25) is 11.3 Å². The third-order valence-electron chi connectivity index (χ3n) is 4.30. The molecule has 2 nitrogen and oxygen atoms in total. The molecule has 0 saturated heterocycles. The number of hydrogen-bond donors (Lipinski definition) is 2. The van der Waals surface area contributed by atoms with E-state index in [-0.39, 0.29) is 0 Å². The summed E-state index contributed by atoms with van der Waals surface area (Å²) in [6, 6.07) is 2.60. The van der Waals surface area contributed by atoms with Crippen LogP contribution in [0.4, 0.5) is 0 Å². The second kappa shape index (κ2) is 6.51. The molecule has 3 N–H and O–H groups in total. The topological polar surface area (TPSA) is 38.0 Å². The van der Waals surface area contributed by atoms with E-state index in [2.05, 4.69) is 41.3 Å². The molecule has 0 aromatic carbocycles. The summed E-state index contributed by atoms with van der Waals surface area (Å²) in [5, 5.41) is 0. The average Bonchev–Trinajstić information content (AvgIpc) is 2.71. The standard InChI is InChI=1S/C14H23BrN2S/c1-3-10-4-6-11(7-5-10)13(17-16)12-8-9(2)14(15)18-12/h8,10-11,13,17H,3-7,16H2,1-2H3. The van der Waals surface area contributed by atoms with Crippen LogP contribution in [0, 0.1) is 18.8 Å². The van der Waals surface area contributed by atoms with Crippen LogP contribution in [0.25, 0.3) is 0 Å². The Morgan fingerprint density at radius 1 is 1.44 bits per heavy atom. The summed E-state index contributed by atoms with van der Waals surface area (Å²) in [7, 11) is 0. The van der Waals surface area contributed by atoms with Gasteiger partial charge in [0.05, 0.1) is 9.83 Å². The van der Waals surface area contributed by atoms with Crippen molar-refractivity contribution in [2.45, 2.75) is 52.0 Å². The molecule has 1 aromatic rings. The summed E-state index contributed by atoms with van der Waals surface area (Å²) >= 11 is 5.43. The Morgan fingerprint density at radius 2 is 2.11 bits per heavy atom. The third-order valence-corrected chi connectivity index (χ3v) is 6.52. The molecule has 0 bridgehead atoms. The normalized spacial score (nSPS) is 26.2. The zero-order valence-electron chi connectivity index (χ0n) is 11.2. The number of halogens is 1. The van der Waals surface area contributed by atoms with Crippen molar-refractivity contribution in [3.05, 3.63) is 20.3 Å². The van der Waals surface area contributed by atoms with Crippen molar-refractivity contribution in [1.29, 1.82) is 0 Å².